The van der Waals surface area contributed by atoms with Crippen LogP contribution in [0.1, 0.15) is 23.6 Å². The summed E-state index contributed by atoms with van der Waals surface area (Å²) in [4.78, 5) is 10.7. The third-order valence-electron chi connectivity index (χ3n) is 3.32. The SMILES string of the molecule is CCc1ccccc1CNc1ccc(C)cc1[N+](=O)[O-]. The molecule has 0 spiro atoms. The first-order valence-electron chi connectivity index (χ1n) is 6.67. The summed E-state index contributed by atoms with van der Waals surface area (Å²) in [5, 5.41) is 14.2. The van der Waals surface area contributed by atoms with E-state index in [9.17, 15) is 10.1 Å². The molecule has 0 fully saturated rings. The van der Waals surface area contributed by atoms with Gasteiger partial charge in [-0.05, 0) is 36.1 Å². The largest absolute Gasteiger partial charge is 0.375 e. The van der Waals surface area contributed by atoms with E-state index in [2.05, 4.69) is 18.3 Å². The zero-order chi connectivity index (χ0) is 14.5. The van der Waals surface area contributed by atoms with Crippen molar-refractivity contribution in [2.75, 3.05) is 5.32 Å². The standard InChI is InChI=1S/C16H18N2O2/c1-3-13-6-4-5-7-14(13)11-17-15-9-8-12(2)10-16(15)18(19)20/h4-10,17H,3,11H2,1-2H3. The molecular formula is C16H18N2O2. The number of nitrogens with one attached hydrogen (secondary N) is 1. The second kappa shape index (κ2) is 6.19. The molecule has 0 aliphatic rings. The summed E-state index contributed by atoms with van der Waals surface area (Å²) >= 11 is 0. The lowest BCUT2D eigenvalue weighted by atomic mass is 10.1. The molecule has 20 heavy (non-hydrogen) atoms. The Morgan fingerprint density at radius 2 is 1.85 bits per heavy atom. The number of aryl methyl sites for hydroxylation is 2. The first-order chi connectivity index (χ1) is 9.61. The normalized spacial score (nSPS) is 10.3. The lowest BCUT2D eigenvalue weighted by Gasteiger charge is -2.11. The van der Waals surface area contributed by atoms with Gasteiger partial charge in [-0.25, -0.2) is 0 Å². The van der Waals surface area contributed by atoms with Crippen LogP contribution in [0.25, 0.3) is 0 Å². The van der Waals surface area contributed by atoms with Crippen molar-refractivity contribution in [1.82, 2.24) is 0 Å². The number of nitrogens with zero attached hydrogens (tertiary/aromatic N) is 1. The van der Waals surface area contributed by atoms with E-state index in [1.165, 1.54) is 11.1 Å². The summed E-state index contributed by atoms with van der Waals surface area (Å²) in [7, 11) is 0. The fourth-order valence-corrected chi connectivity index (χ4v) is 2.21. The maximum Gasteiger partial charge on any atom is 0.292 e. The predicted molar refractivity (Wildman–Crippen MR) is 81.0 cm³/mol. The zero-order valence-electron chi connectivity index (χ0n) is 11.7. The van der Waals surface area contributed by atoms with Crippen molar-refractivity contribution < 1.29 is 4.92 Å². The highest BCUT2D eigenvalue weighted by Gasteiger charge is 2.13. The Balaban J connectivity index is 2.21. The van der Waals surface area contributed by atoms with Crippen molar-refractivity contribution in [2.45, 2.75) is 26.8 Å². The average Bonchev–Trinajstić information content (AvgIpc) is 2.46. The first kappa shape index (κ1) is 14.1. The van der Waals surface area contributed by atoms with Crippen LogP contribution in [-0.4, -0.2) is 4.92 Å². The molecule has 0 aromatic heterocycles. The maximum absolute atomic E-state index is 11.1. The topological polar surface area (TPSA) is 55.2 Å². The van der Waals surface area contributed by atoms with Crippen LogP contribution in [0.4, 0.5) is 11.4 Å². The lowest BCUT2D eigenvalue weighted by Crippen LogP contribution is -2.05. The highest BCUT2D eigenvalue weighted by atomic mass is 16.6. The Labute approximate surface area is 118 Å². The number of benzene rings is 2. The van der Waals surface area contributed by atoms with E-state index < -0.39 is 0 Å². The smallest absolute Gasteiger partial charge is 0.292 e. The van der Waals surface area contributed by atoms with Gasteiger partial charge in [0.1, 0.15) is 5.69 Å². The van der Waals surface area contributed by atoms with Gasteiger partial charge >= 0.3 is 0 Å². The quantitative estimate of drug-likeness (QED) is 0.658. The van der Waals surface area contributed by atoms with Crippen LogP contribution in [0.5, 0.6) is 0 Å². The van der Waals surface area contributed by atoms with Crippen LogP contribution in [0.3, 0.4) is 0 Å². The molecular weight excluding hydrogens is 252 g/mol. The number of rotatable bonds is 5. The highest BCUT2D eigenvalue weighted by Crippen LogP contribution is 2.26. The number of hydrogen-bond donors (Lipinski definition) is 1. The summed E-state index contributed by atoms with van der Waals surface area (Å²) in [6, 6.07) is 13.4. The Morgan fingerprint density at radius 1 is 1.15 bits per heavy atom. The number of nitro groups is 1. The van der Waals surface area contributed by atoms with Crippen LogP contribution in [0.15, 0.2) is 42.5 Å². The number of hydrogen-bond acceptors (Lipinski definition) is 3. The predicted octanol–water partition coefficient (Wildman–Crippen LogP) is 4.08. The zero-order valence-corrected chi connectivity index (χ0v) is 11.7. The third kappa shape index (κ3) is 3.15. The van der Waals surface area contributed by atoms with Crippen LogP contribution in [0, 0.1) is 17.0 Å². The second-order valence-electron chi connectivity index (χ2n) is 4.75. The summed E-state index contributed by atoms with van der Waals surface area (Å²) in [5.74, 6) is 0. The fraction of sp³-hybridized carbons (Fsp3) is 0.250. The van der Waals surface area contributed by atoms with Crippen molar-refractivity contribution in [1.29, 1.82) is 0 Å². The molecule has 0 atom stereocenters. The molecule has 4 heteroatoms. The van der Waals surface area contributed by atoms with Gasteiger partial charge in [0, 0.05) is 12.6 Å². The molecule has 2 rings (SSSR count). The van der Waals surface area contributed by atoms with Gasteiger partial charge in [0.05, 0.1) is 4.92 Å². The molecule has 0 bridgehead atoms. The van der Waals surface area contributed by atoms with E-state index in [4.69, 9.17) is 0 Å². The van der Waals surface area contributed by atoms with Crippen LogP contribution < -0.4 is 5.32 Å². The molecule has 0 amide bonds. The van der Waals surface area contributed by atoms with Gasteiger partial charge in [-0.1, -0.05) is 37.3 Å². The van der Waals surface area contributed by atoms with Crippen LogP contribution in [0.2, 0.25) is 0 Å². The van der Waals surface area contributed by atoms with Crippen molar-refractivity contribution >= 4 is 11.4 Å². The summed E-state index contributed by atoms with van der Waals surface area (Å²) in [6.45, 7) is 4.55. The minimum Gasteiger partial charge on any atom is -0.375 e. The highest BCUT2D eigenvalue weighted by molar-refractivity contribution is 5.62. The molecule has 0 aliphatic carbocycles. The van der Waals surface area contributed by atoms with Crippen molar-refractivity contribution in [3.63, 3.8) is 0 Å². The number of nitro benzene ring substituents is 1. The molecule has 0 saturated heterocycles. The fourth-order valence-electron chi connectivity index (χ4n) is 2.21. The van der Waals surface area contributed by atoms with Crippen molar-refractivity contribution in [3.05, 3.63) is 69.3 Å². The van der Waals surface area contributed by atoms with Crippen molar-refractivity contribution in [2.24, 2.45) is 0 Å². The van der Waals surface area contributed by atoms with Gasteiger partial charge in [-0.2, -0.15) is 0 Å². The maximum atomic E-state index is 11.1. The van der Waals surface area contributed by atoms with Gasteiger partial charge < -0.3 is 5.32 Å². The molecule has 104 valence electrons. The molecule has 0 heterocycles. The molecule has 1 N–H and O–H groups in total. The Hall–Kier alpha value is -2.36. The van der Waals surface area contributed by atoms with E-state index in [1.54, 1.807) is 12.1 Å². The van der Waals surface area contributed by atoms with Gasteiger partial charge in [-0.3, -0.25) is 10.1 Å². The second-order valence-corrected chi connectivity index (χ2v) is 4.75. The van der Waals surface area contributed by atoms with E-state index >= 15 is 0 Å². The summed E-state index contributed by atoms with van der Waals surface area (Å²) in [5.41, 5.74) is 4.00. The van der Waals surface area contributed by atoms with Gasteiger partial charge in [0.2, 0.25) is 0 Å². The van der Waals surface area contributed by atoms with E-state index in [0.29, 0.717) is 12.2 Å². The summed E-state index contributed by atoms with van der Waals surface area (Å²) < 4.78 is 0. The monoisotopic (exact) mass is 270 g/mol. The Morgan fingerprint density at radius 3 is 2.50 bits per heavy atom. The average molecular weight is 270 g/mol. The van der Waals surface area contributed by atoms with Crippen LogP contribution in [-0.2, 0) is 13.0 Å². The van der Waals surface area contributed by atoms with Gasteiger partial charge in [-0.15, -0.1) is 0 Å². The van der Waals surface area contributed by atoms with E-state index in [-0.39, 0.29) is 10.6 Å². The molecule has 2 aromatic carbocycles. The number of anilines is 1. The van der Waals surface area contributed by atoms with Crippen LogP contribution >= 0.6 is 0 Å². The third-order valence-corrected chi connectivity index (χ3v) is 3.32. The Bertz CT molecular complexity index is 624. The van der Waals surface area contributed by atoms with Gasteiger partial charge in [0.15, 0.2) is 0 Å². The minimum absolute atomic E-state index is 0.124. The molecule has 0 unspecified atom stereocenters. The van der Waals surface area contributed by atoms with Crippen molar-refractivity contribution in [3.8, 4) is 0 Å². The molecule has 0 saturated carbocycles. The van der Waals surface area contributed by atoms with Gasteiger partial charge in [0.25, 0.3) is 5.69 Å². The van der Waals surface area contributed by atoms with E-state index in [0.717, 1.165) is 12.0 Å². The first-order valence-corrected chi connectivity index (χ1v) is 6.67. The molecule has 0 aliphatic heterocycles. The summed E-state index contributed by atoms with van der Waals surface area (Å²) in [6.07, 6.45) is 0.952. The van der Waals surface area contributed by atoms with E-state index in [1.807, 2.05) is 31.2 Å². The molecule has 4 nitrogen and oxygen atoms in total. The minimum atomic E-state index is -0.346. The molecule has 2 aromatic rings. The molecule has 0 radical (unpaired) electrons. The lowest BCUT2D eigenvalue weighted by molar-refractivity contribution is -0.384. The Kier molecular flexibility index (Phi) is 4.35.